The van der Waals surface area contributed by atoms with Crippen LogP contribution in [0.15, 0.2) is 85.1 Å². The molecule has 12 heteroatoms. The second kappa shape index (κ2) is 38.5. The van der Waals surface area contributed by atoms with Gasteiger partial charge < -0.3 is 25.2 Å². The Balaban J connectivity index is 4.55. The van der Waals surface area contributed by atoms with Crippen molar-refractivity contribution in [2.24, 2.45) is 5.73 Å². The Morgan fingerprint density at radius 3 is 1.55 bits per heavy atom. The standard InChI is InChI=1S/C44H72NO10P/c1-3-5-7-9-11-13-15-17-19-20-22-24-26-28-30-32-34-36-43(47)55-40(38-53-56(50,51)54-39-41(45)44(48)49)37-52-42(46)35-33-31-29-27-25-23-21-18-16-14-12-10-8-6-4-2/h6,8,11-14,17-19,21-22,24,28,30,40-41H,3-5,7,9-10,15-16,20,23,25-27,29,31-39,45H2,1-2H3,(H,48,49)(H,50,51). The molecule has 0 fully saturated rings. The van der Waals surface area contributed by atoms with Crippen LogP contribution in [0.1, 0.15) is 142 Å². The number of nitrogens with two attached hydrogens (primary N) is 1. The van der Waals surface area contributed by atoms with Crippen molar-refractivity contribution in [2.45, 2.75) is 154 Å². The molecule has 0 heterocycles. The van der Waals surface area contributed by atoms with Crippen LogP contribution in [0.2, 0.25) is 0 Å². The number of rotatable bonds is 37. The number of esters is 2. The van der Waals surface area contributed by atoms with Gasteiger partial charge in [-0.25, -0.2) is 4.57 Å². The van der Waals surface area contributed by atoms with Crippen molar-refractivity contribution in [3.05, 3.63) is 85.1 Å². The summed E-state index contributed by atoms with van der Waals surface area (Å²) < 4.78 is 32.6. The molecule has 0 saturated carbocycles. The lowest BCUT2D eigenvalue weighted by Gasteiger charge is -2.20. The number of carboxylic acids is 1. The van der Waals surface area contributed by atoms with E-state index in [1.807, 2.05) is 12.2 Å². The molecule has 0 aromatic rings. The van der Waals surface area contributed by atoms with Crippen molar-refractivity contribution in [3.63, 3.8) is 0 Å². The molecule has 0 aromatic carbocycles. The van der Waals surface area contributed by atoms with Gasteiger partial charge in [-0.1, -0.05) is 131 Å². The first-order valence-corrected chi connectivity index (χ1v) is 22.1. The molecule has 56 heavy (non-hydrogen) atoms. The number of unbranched alkanes of at least 4 members (excludes halogenated alkanes) is 9. The molecule has 0 aliphatic heterocycles. The molecule has 0 aromatic heterocycles. The smallest absolute Gasteiger partial charge is 0.472 e. The monoisotopic (exact) mass is 805 g/mol. The Hall–Kier alpha value is -3.34. The van der Waals surface area contributed by atoms with Gasteiger partial charge in [-0.3, -0.25) is 23.4 Å². The topological polar surface area (TPSA) is 172 Å². The van der Waals surface area contributed by atoms with Crippen LogP contribution < -0.4 is 5.73 Å². The van der Waals surface area contributed by atoms with E-state index in [-0.39, 0.29) is 19.4 Å². The summed E-state index contributed by atoms with van der Waals surface area (Å²) >= 11 is 0. The minimum Gasteiger partial charge on any atom is -0.480 e. The quantitative estimate of drug-likeness (QED) is 0.0236. The lowest BCUT2D eigenvalue weighted by Crippen LogP contribution is -2.34. The predicted octanol–water partition coefficient (Wildman–Crippen LogP) is 10.7. The zero-order valence-electron chi connectivity index (χ0n) is 34.2. The van der Waals surface area contributed by atoms with Crippen LogP contribution in [0.4, 0.5) is 0 Å². The molecule has 0 saturated heterocycles. The molecule has 4 N–H and O–H groups in total. The molecule has 11 nitrogen and oxygen atoms in total. The van der Waals surface area contributed by atoms with Gasteiger partial charge in [-0.15, -0.1) is 0 Å². The zero-order valence-corrected chi connectivity index (χ0v) is 35.1. The van der Waals surface area contributed by atoms with Crippen LogP contribution in [0.5, 0.6) is 0 Å². The molecule has 0 spiro atoms. The van der Waals surface area contributed by atoms with E-state index >= 15 is 0 Å². The summed E-state index contributed by atoms with van der Waals surface area (Å²) in [6.45, 7) is 2.56. The van der Waals surface area contributed by atoms with Crippen molar-refractivity contribution in [1.82, 2.24) is 0 Å². The third-order valence-electron chi connectivity index (χ3n) is 8.13. The van der Waals surface area contributed by atoms with E-state index in [2.05, 4.69) is 91.3 Å². The first kappa shape index (κ1) is 52.7. The van der Waals surface area contributed by atoms with Crippen molar-refractivity contribution >= 4 is 25.7 Å². The minimum absolute atomic E-state index is 0.0764. The van der Waals surface area contributed by atoms with Crippen LogP contribution >= 0.6 is 7.82 Å². The summed E-state index contributed by atoms with van der Waals surface area (Å²) in [5.74, 6) is -2.49. The maximum atomic E-state index is 12.6. The third kappa shape index (κ3) is 37.6. The minimum atomic E-state index is -4.74. The van der Waals surface area contributed by atoms with Gasteiger partial charge in [-0.05, 0) is 83.5 Å². The normalized spacial score (nSPS) is 14.6. The number of carboxylic acid groups (broad SMARTS) is 1. The highest BCUT2D eigenvalue weighted by atomic mass is 31.2. The number of phosphoric acid groups is 1. The Morgan fingerprint density at radius 1 is 0.571 bits per heavy atom. The highest BCUT2D eigenvalue weighted by Crippen LogP contribution is 2.43. The predicted molar refractivity (Wildman–Crippen MR) is 226 cm³/mol. The fourth-order valence-corrected chi connectivity index (χ4v) is 5.67. The number of hydrogen-bond donors (Lipinski definition) is 3. The van der Waals surface area contributed by atoms with Crippen LogP contribution in [0.3, 0.4) is 0 Å². The van der Waals surface area contributed by atoms with Gasteiger partial charge in [0.25, 0.3) is 0 Å². The van der Waals surface area contributed by atoms with Crippen LogP contribution in [-0.2, 0) is 37.5 Å². The molecule has 0 bridgehead atoms. The van der Waals surface area contributed by atoms with Gasteiger partial charge in [0.2, 0.25) is 0 Å². The number of ether oxygens (including phenoxy) is 2. The summed E-state index contributed by atoms with van der Waals surface area (Å²) in [5.41, 5.74) is 5.32. The summed E-state index contributed by atoms with van der Waals surface area (Å²) in [6, 6.07) is -1.54. The lowest BCUT2D eigenvalue weighted by atomic mass is 10.1. The van der Waals surface area contributed by atoms with E-state index in [0.717, 1.165) is 77.0 Å². The van der Waals surface area contributed by atoms with Crippen LogP contribution in [0.25, 0.3) is 0 Å². The average molecular weight is 806 g/mol. The molecule has 0 aliphatic rings. The number of phosphoric ester groups is 1. The third-order valence-corrected chi connectivity index (χ3v) is 9.08. The second-order valence-corrected chi connectivity index (χ2v) is 14.8. The molecule has 3 unspecified atom stereocenters. The molecular weight excluding hydrogens is 733 g/mol. The SMILES string of the molecule is CCC=CCC=CCC=CCCCCCCCC(=O)OCC(COP(=O)(O)OCC(N)C(=O)O)OC(=O)CCCC=CCC=CCC=CCC=CCCCCC. The Morgan fingerprint density at radius 2 is 1.02 bits per heavy atom. The van der Waals surface area contributed by atoms with Gasteiger partial charge in [-0.2, -0.15) is 0 Å². The summed E-state index contributed by atoms with van der Waals surface area (Å²) in [5, 5.41) is 8.88. The number of hydrogen-bond acceptors (Lipinski definition) is 9. The Kier molecular flexibility index (Phi) is 36.2. The zero-order chi connectivity index (χ0) is 41.4. The van der Waals surface area contributed by atoms with Crippen molar-refractivity contribution in [1.29, 1.82) is 0 Å². The van der Waals surface area contributed by atoms with Gasteiger partial charge in [0.15, 0.2) is 6.10 Å². The molecule has 0 rings (SSSR count). The summed E-state index contributed by atoms with van der Waals surface area (Å²) in [7, 11) is -4.74. The van der Waals surface area contributed by atoms with E-state index in [4.69, 9.17) is 24.8 Å². The highest BCUT2D eigenvalue weighted by Gasteiger charge is 2.28. The maximum absolute atomic E-state index is 12.6. The summed E-state index contributed by atoms with van der Waals surface area (Å²) in [4.78, 5) is 45.9. The van der Waals surface area contributed by atoms with Crippen molar-refractivity contribution in [3.8, 4) is 0 Å². The molecular formula is C44H72NO10P. The molecule has 0 amide bonds. The largest absolute Gasteiger partial charge is 0.480 e. The molecule has 3 atom stereocenters. The molecule has 0 radical (unpaired) electrons. The van der Waals surface area contributed by atoms with Gasteiger partial charge in [0.05, 0.1) is 13.2 Å². The fraction of sp³-hybridized carbons (Fsp3) is 0.614. The van der Waals surface area contributed by atoms with E-state index in [1.54, 1.807) is 0 Å². The molecule has 0 aliphatic carbocycles. The Bertz CT molecular complexity index is 1270. The summed E-state index contributed by atoms with van der Waals surface area (Å²) in [6.07, 6.45) is 46.6. The van der Waals surface area contributed by atoms with E-state index < -0.39 is 51.1 Å². The van der Waals surface area contributed by atoms with Gasteiger partial charge in [0.1, 0.15) is 12.6 Å². The first-order valence-electron chi connectivity index (χ1n) is 20.6. The van der Waals surface area contributed by atoms with Crippen molar-refractivity contribution < 1.29 is 47.5 Å². The number of carbonyl (C=O) groups excluding carboxylic acids is 2. The van der Waals surface area contributed by atoms with E-state index in [9.17, 15) is 23.8 Å². The number of allylic oxidation sites excluding steroid dienone is 14. The number of aliphatic carboxylic acids is 1. The maximum Gasteiger partial charge on any atom is 0.472 e. The Labute approximate surface area is 337 Å². The van der Waals surface area contributed by atoms with E-state index in [1.165, 1.54) is 19.3 Å². The van der Waals surface area contributed by atoms with Crippen LogP contribution in [0, 0.1) is 0 Å². The second-order valence-electron chi connectivity index (χ2n) is 13.4. The van der Waals surface area contributed by atoms with Gasteiger partial charge in [0, 0.05) is 12.8 Å². The van der Waals surface area contributed by atoms with Crippen LogP contribution in [-0.4, -0.2) is 59.9 Å². The lowest BCUT2D eigenvalue weighted by molar-refractivity contribution is -0.161. The average Bonchev–Trinajstić information content (AvgIpc) is 3.17. The number of carbonyl (C=O) groups is 3. The fourth-order valence-electron chi connectivity index (χ4n) is 4.89. The first-order chi connectivity index (χ1) is 27.1. The van der Waals surface area contributed by atoms with Crippen molar-refractivity contribution in [2.75, 3.05) is 19.8 Å². The highest BCUT2D eigenvalue weighted by molar-refractivity contribution is 7.47. The van der Waals surface area contributed by atoms with E-state index in [0.29, 0.717) is 19.3 Å². The van der Waals surface area contributed by atoms with Gasteiger partial charge >= 0.3 is 25.7 Å². The molecule has 318 valence electrons.